The Kier molecular flexibility index (Phi) is 8.60. The summed E-state index contributed by atoms with van der Waals surface area (Å²) in [6.45, 7) is 3.77. The Labute approximate surface area is 172 Å². The topological polar surface area (TPSA) is 58.1 Å². The second-order valence-electron chi connectivity index (χ2n) is 6.84. The van der Waals surface area contributed by atoms with E-state index in [1.54, 1.807) is 32.6 Å². The molecule has 0 aliphatic rings. The van der Waals surface area contributed by atoms with Crippen LogP contribution in [0, 0.1) is 0 Å². The lowest BCUT2D eigenvalue weighted by molar-refractivity contribution is 0.295. The van der Waals surface area contributed by atoms with Crippen molar-refractivity contribution >= 4 is 17.3 Å². The highest BCUT2D eigenvalue weighted by Crippen LogP contribution is 2.31. The Balaban J connectivity index is 1.99. The van der Waals surface area contributed by atoms with Gasteiger partial charge in [0.25, 0.3) is 0 Å². The Morgan fingerprint density at radius 1 is 1.11 bits per heavy atom. The number of thiophene rings is 1. The van der Waals surface area contributed by atoms with E-state index in [0.29, 0.717) is 5.92 Å². The van der Waals surface area contributed by atoms with Gasteiger partial charge in [-0.2, -0.15) is 0 Å². The lowest BCUT2D eigenvalue weighted by Crippen LogP contribution is -2.42. The van der Waals surface area contributed by atoms with Gasteiger partial charge in [0.2, 0.25) is 0 Å². The van der Waals surface area contributed by atoms with Crippen molar-refractivity contribution in [2.75, 3.05) is 48.5 Å². The van der Waals surface area contributed by atoms with Crippen molar-refractivity contribution in [1.82, 2.24) is 15.5 Å². The number of ether oxygens (including phenoxy) is 2. The van der Waals surface area contributed by atoms with Crippen LogP contribution in [-0.2, 0) is 0 Å². The molecule has 0 spiro atoms. The maximum atomic E-state index is 5.45. The van der Waals surface area contributed by atoms with Crippen molar-refractivity contribution in [2.45, 2.75) is 18.9 Å². The first-order valence-electron chi connectivity index (χ1n) is 9.36. The average Bonchev–Trinajstić information content (AvgIpc) is 3.24. The fourth-order valence-corrected chi connectivity index (χ4v) is 3.78. The van der Waals surface area contributed by atoms with Crippen molar-refractivity contribution in [3.05, 3.63) is 46.2 Å². The van der Waals surface area contributed by atoms with Crippen LogP contribution in [0.15, 0.2) is 40.7 Å². The summed E-state index contributed by atoms with van der Waals surface area (Å²) in [6.07, 6.45) is 0. The Bertz CT molecular complexity index is 747. The second-order valence-corrected chi connectivity index (χ2v) is 7.82. The first-order chi connectivity index (χ1) is 13.5. The lowest BCUT2D eigenvalue weighted by Gasteiger charge is -2.27. The van der Waals surface area contributed by atoms with Crippen molar-refractivity contribution in [2.24, 2.45) is 4.99 Å². The van der Waals surface area contributed by atoms with Crippen molar-refractivity contribution in [3.63, 3.8) is 0 Å². The minimum atomic E-state index is 0.160. The van der Waals surface area contributed by atoms with E-state index in [4.69, 9.17) is 9.47 Å². The van der Waals surface area contributed by atoms with Crippen molar-refractivity contribution in [1.29, 1.82) is 0 Å². The summed E-state index contributed by atoms with van der Waals surface area (Å²) in [7, 11) is 9.24. The highest BCUT2D eigenvalue weighted by atomic mass is 32.1. The largest absolute Gasteiger partial charge is 0.493 e. The molecule has 0 amide bonds. The number of benzene rings is 1. The van der Waals surface area contributed by atoms with Crippen LogP contribution in [0.1, 0.15) is 29.3 Å². The van der Waals surface area contributed by atoms with Crippen LogP contribution in [0.4, 0.5) is 0 Å². The molecule has 1 aromatic heterocycles. The number of likely N-dealkylation sites (N-methyl/N-ethyl adjacent to an activating group) is 1. The van der Waals surface area contributed by atoms with Crippen LogP contribution in [0.5, 0.6) is 11.5 Å². The third-order valence-corrected chi connectivity index (χ3v) is 5.81. The third kappa shape index (κ3) is 5.87. The number of guanidine groups is 1. The van der Waals surface area contributed by atoms with Crippen LogP contribution < -0.4 is 20.1 Å². The van der Waals surface area contributed by atoms with Crippen LogP contribution in [-0.4, -0.2) is 59.3 Å². The van der Waals surface area contributed by atoms with E-state index in [1.165, 1.54) is 4.88 Å². The molecule has 0 fully saturated rings. The van der Waals surface area contributed by atoms with E-state index >= 15 is 0 Å². The molecule has 2 atom stereocenters. The number of methoxy groups -OCH3 is 2. The SMILES string of the molecule is CN=C(NCC(C)c1cccs1)NCC(c1ccc(OC)c(OC)c1)N(C)C. The van der Waals surface area contributed by atoms with Gasteiger partial charge in [0.15, 0.2) is 17.5 Å². The van der Waals surface area contributed by atoms with Gasteiger partial charge in [-0.05, 0) is 43.2 Å². The molecule has 0 aliphatic carbocycles. The molecule has 2 aromatic rings. The highest BCUT2D eigenvalue weighted by Gasteiger charge is 2.17. The smallest absolute Gasteiger partial charge is 0.191 e. The summed E-state index contributed by atoms with van der Waals surface area (Å²) in [5, 5.41) is 8.99. The van der Waals surface area contributed by atoms with Crippen molar-refractivity contribution < 1.29 is 9.47 Å². The molecule has 0 aliphatic heterocycles. The fourth-order valence-electron chi connectivity index (χ4n) is 2.99. The monoisotopic (exact) mass is 404 g/mol. The second kappa shape index (κ2) is 10.9. The van der Waals surface area contributed by atoms with Crippen LogP contribution >= 0.6 is 11.3 Å². The van der Waals surface area contributed by atoms with Gasteiger partial charge in [0.1, 0.15) is 0 Å². The van der Waals surface area contributed by atoms with E-state index in [0.717, 1.165) is 36.1 Å². The highest BCUT2D eigenvalue weighted by molar-refractivity contribution is 7.10. The van der Waals surface area contributed by atoms with E-state index < -0.39 is 0 Å². The fraction of sp³-hybridized carbons (Fsp3) is 0.476. The molecule has 0 bridgehead atoms. The van der Waals surface area contributed by atoms with Gasteiger partial charge in [0.05, 0.1) is 20.3 Å². The van der Waals surface area contributed by atoms with Crippen LogP contribution in [0.25, 0.3) is 0 Å². The molecular weight excluding hydrogens is 372 g/mol. The van der Waals surface area contributed by atoms with Gasteiger partial charge in [-0.25, -0.2) is 0 Å². The minimum absolute atomic E-state index is 0.160. The molecule has 0 saturated heterocycles. The van der Waals surface area contributed by atoms with Gasteiger partial charge in [0, 0.05) is 30.9 Å². The predicted octanol–water partition coefficient (Wildman–Crippen LogP) is 3.34. The molecule has 1 aromatic carbocycles. The molecule has 2 rings (SSSR count). The Morgan fingerprint density at radius 3 is 2.39 bits per heavy atom. The zero-order valence-corrected chi connectivity index (χ0v) is 18.5. The minimum Gasteiger partial charge on any atom is -0.493 e. The zero-order chi connectivity index (χ0) is 20.5. The van der Waals surface area contributed by atoms with Crippen molar-refractivity contribution in [3.8, 4) is 11.5 Å². The van der Waals surface area contributed by atoms with Gasteiger partial charge >= 0.3 is 0 Å². The number of aliphatic imine (C=N–C) groups is 1. The van der Waals surface area contributed by atoms with Gasteiger partial charge in [-0.3, -0.25) is 4.99 Å². The summed E-state index contributed by atoms with van der Waals surface area (Å²) in [5.41, 5.74) is 1.15. The molecular formula is C21H32N4O2S. The first kappa shape index (κ1) is 22.0. The van der Waals surface area contributed by atoms with Crippen LogP contribution in [0.3, 0.4) is 0 Å². The van der Waals surface area contributed by atoms with E-state index in [1.807, 2.05) is 12.1 Å². The normalized spacial score (nSPS) is 13.9. The molecule has 7 heteroatoms. The maximum Gasteiger partial charge on any atom is 0.191 e. The maximum absolute atomic E-state index is 5.45. The number of nitrogens with one attached hydrogen (secondary N) is 2. The molecule has 6 nitrogen and oxygen atoms in total. The molecule has 1 heterocycles. The number of nitrogens with zero attached hydrogens (tertiary/aromatic N) is 2. The predicted molar refractivity (Wildman–Crippen MR) is 118 cm³/mol. The van der Waals surface area contributed by atoms with E-state index in [2.05, 4.69) is 65.1 Å². The summed E-state index contributed by atoms with van der Waals surface area (Å²) in [6, 6.07) is 10.5. The summed E-state index contributed by atoms with van der Waals surface area (Å²) >= 11 is 1.79. The quantitative estimate of drug-likeness (QED) is 0.496. The summed E-state index contributed by atoms with van der Waals surface area (Å²) in [5.74, 6) is 2.71. The molecule has 28 heavy (non-hydrogen) atoms. The lowest BCUT2D eigenvalue weighted by atomic mass is 10.1. The summed E-state index contributed by atoms with van der Waals surface area (Å²) in [4.78, 5) is 7.91. The number of hydrogen-bond acceptors (Lipinski definition) is 5. The summed E-state index contributed by atoms with van der Waals surface area (Å²) < 4.78 is 10.8. The van der Waals surface area contributed by atoms with Gasteiger partial charge in [-0.1, -0.05) is 19.1 Å². The molecule has 2 unspecified atom stereocenters. The van der Waals surface area contributed by atoms with E-state index in [9.17, 15) is 0 Å². The molecule has 0 radical (unpaired) electrons. The third-order valence-electron chi connectivity index (χ3n) is 4.71. The molecule has 154 valence electrons. The standard InChI is InChI=1S/C21H32N4O2S/c1-15(20-8-7-11-28-20)13-23-21(22-2)24-14-17(25(3)4)16-9-10-18(26-5)19(12-16)27-6/h7-12,15,17H,13-14H2,1-6H3,(H2,22,23,24). The number of hydrogen-bond donors (Lipinski definition) is 2. The zero-order valence-electron chi connectivity index (χ0n) is 17.7. The Morgan fingerprint density at radius 2 is 1.82 bits per heavy atom. The molecule has 0 saturated carbocycles. The molecule has 2 N–H and O–H groups in total. The Hall–Kier alpha value is -2.25. The van der Waals surface area contributed by atoms with Gasteiger partial charge in [-0.15, -0.1) is 11.3 Å². The van der Waals surface area contributed by atoms with E-state index in [-0.39, 0.29) is 6.04 Å². The first-order valence-corrected chi connectivity index (χ1v) is 10.2. The number of rotatable bonds is 9. The van der Waals surface area contributed by atoms with Gasteiger partial charge < -0.3 is 25.0 Å². The average molecular weight is 405 g/mol. The van der Waals surface area contributed by atoms with Crippen LogP contribution in [0.2, 0.25) is 0 Å².